The molecule has 27 heavy (non-hydrogen) atoms. The van der Waals surface area contributed by atoms with E-state index in [0.29, 0.717) is 6.42 Å². The Balaban J connectivity index is 1.42. The Morgan fingerprint density at radius 1 is 0.778 bits per heavy atom. The number of nitrogens with zero attached hydrogens (tertiary/aromatic N) is 2. The van der Waals surface area contributed by atoms with Gasteiger partial charge in [-0.05, 0) is 49.1 Å². The monoisotopic (exact) mass is 368 g/mol. The number of aliphatic imine (C=N–C) groups is 2. The number of hydrogen-bond acceptors (Lipinski definition) is 3. The summed E-state index contributed by atoms with van der Waals surface area (Å²) in [4.78, 5) is 9.27. The summed E-state index contributed by atoms with van der Waals surface area (Å²) < 4.78 is 13.1. The van der Waals surface area contributed by atoms with Crippen molar-refractivity contribution in [3.63, 3.8) is 0 Å². The lowest BCUT2D eigenvalue weighted by atomic mass is 9.86. The maximum Gasteiger partial charge on any atom is 0.123 e. The summed E-state index contributed by atoms with van der Waals surface area (Å²) in [6.07, 6.45) is 20.1. The van der Waals surface area contributed by atoms with E-state index in [2.05, 4.69) is 17.1 Å². The summed E-state index contributed by atoms with van der Waals surface area (Å²) >= 11 is 0. The van der Waals surface area contributed by atoms with Crippen LogP contribution in [-0.2, 0) is 6.42 Å². The van der Waals surface area contributed by atoms with E-state index in [1.807, 2.05) is 36.7 Å². The van der Waals surface area contributed by atoms with Crippen molar-refractivity contribution < 1.29 is 9.50 Å². The van der Waals surface area contributed by atoms with Crippen LogP contribution in [0.25, 0.3) is 0 Å². The lowest BCUT2D eigenvalue weighted by molar-refractivity contribution is 0.252. The molecule has 1 aromatic carbocycles. The molecule has 4 heteroatoms. The normalized spacial score (nSPS) is 25.7. The molecule has 2 atom stereocenters. The topological polar surface area (TPSA) is 45.0 Å². The number of aliphatic hydroxyl groups excluding tert-OH is 1. The molecular weight excluding hydrogens is 339 g/mol. The Hall–Kier alpha value is -2.07. The molecule has 0 radical (unpaired) electrons. The van der Waals surface area contributed by atoms with Crippen molar-refractivity contribution in [2.45, 2.75) is 62.4 Å². The van der Waals surface area contributed by atoms with Gasteiger partial charge in [0, 0.05) is 25.5 Å². The Kier molecular flexibility index (Phi) is 6.73. The zero-order chi connectivity index (χ0) is 19.0. The smallest absolute Gasteiger partial charge is 0.123 e. The number of benzene rings is 1. The third-order valence-electron chi connectivity index (χ3n) is 5.59. The van der Waals surface area contributed by atoms with Crippen LogP contribution in [0.1, 0.15) is 50.5 Å². The largest absolute Gasteiger partial charge is 0.396 e. The fourth-order valence-corrected chi connectivity index (χ4v) is 4.04. The van der Waals surface area contributed by atoms with E-state index >= 15 is 0 Å². The van der Waals surface area contributed by atoms with E-state index in [-0.39, 0.29) is 23.5 Å². The summed E-state index contributed by atoms with van der Waals surface area (Å²) in [6, 6.07) is 6.76. The van der Waals surface area contributed by atoms with E-state index in [9.17, 15) is 9.50 Å². The van der Waals surface area contributed by atoms with Crippen LogP contribution in [0.15, 0.2) is 58.6 Å². The quantitative estimate of drug-likeness (QED) is 0.558. The number of allylic oxidation sites excluding steroid dienone is 2. The third-order valence-corrected chi connectivity index (χ3v) is 5.59. The Morgan fingerprint density at radius 2 is 1.37 bits per heavy atom. The summed E-state index contributed by atoms with van der Waals surface area (Å²) in [7, 11) is 0. The lowest BCUT2D eigenvalue weighted by Crippen LogP contribution is -2.25. The number of aliphatic hydroxyl groups is 1. The van der Waals surface area contributed by atoms with Crippen LogP contribution in [0, 0.1) is 5.82 Å². The molecule has 0 aromatic heterocycles. The van der Waals surface area contributed by atoms with E-state index in [1.165, 1.54) is 12.1 Å². The molecule has 144 valence electrons. The van der Waals surface area contributed by atoms with Gasteiger partial charge in [0.1, 0.15) is 5.82 Å². The highest BCUT2D eigenvalue weighted by atomic mass is 19.1. The van der Waals surface area contributed by atoms with E-state index in [4.69, 9.17) is 4.99 Å². The van der Waals surface area contributed by atoms with Crippen LogP contribution < -0.4 is 0 Å². The number of hydrogen-bond donors (Lipinski definition) is 1. The summed E-state index contributed by atoms with van der Waals surface area (Å²) in [5.74, 6) is -0.196. The van der Waals surface area contributed by atoms with E-state index in [1.54, 1.807) is 0 Å². The molecule has 0 amide bonds. The molecule has 0 bridgehead atoms. The standard InChI is InChI=1S/C23H29FN2O/c24-21-9-7-20(8-10-21)19-23(14-6-17-26-23)12-4-2-1-3-11-22(15-18-27)13-5-16-25-22/h5-10,13-14,16-17,27H,1-4,11-12,15,18-19H2. The molecule has 3 rings (SSSR count). The Labute approximate surface area is 161 Å². The van der Waals surface area contributed by atoms with Gasteiger partial charge in [-0.25, -0.2) is 4.39 Å². The fourth-order valence-electron chi connectivity index (χ4n) is 4.04. The summed E-state index contributed by atoms with van der Waals surface area (Å²) in [5, 5.41) is 9.27. The van der Waals surface area contributed by atoms with Gasteiger partial charge in [-0.15, -0.1) is 0 Å². The van der Waals surface area contributed by atoms with Crippen LogP contribution in [0.5, 0.6) is 0 Å². The van der Waals surface area contributed by atoms with Crippen LogP contribution in [0.4, 0.5) is 4.39 Å². The van der Waals surface area contributed by atoms with Crippen LogP contribution in [0.2, 0.25) is 0 Å². The number of unbranched alkanes of at least 4 members (excludes halogenated alkanes) is 3. The average Bonchev–Trinajstić information content (AvgIpc) is 3.31. The van der Waals surface area contributed by atoms with Crippen LogP contribution in [-0.4, -0.2) is 35.2 Å². The second-order valence-corrected chi connectivity index (χ2v) is 7.67. The maximum atomic E-state index is 13.1. The highest BCUT2D eigenvalue weighted by molar-refractivity contribution is 5.75. The number of halogens is 1. The zero-order valence-electron chi connectivity index (χ0n) is 15.9. The second-order valence-electron chi connectivity index (χ2n) is 7.67. The predicted molar refractivity (Wildman–Crippen MR) is 110 cm³/mol. The molecule has 0 aliphatic carbocycles. The maximum absolute atomic E-state index is 13.1. The van der Waals surface area contributed by atoms with Crippen molar-refractivity contribution in [1.82, 2.24) is 0 Å². The molecule has 0 fully saturated rings. The van der Waals surface area contributed by atoms with Gasteiger partial charge < -0.3 is 5.11 Å². The zero-order valence-corrected chi connectivity index (χ0v) is 15.9. The van der Waals surface area contributed by atoms with Gasteiger partial charge in [-0.2, -0.15) is 0 Å². The minimum absolute atomic E-state index is 0.170. The van der Waals surface area contributed by atoms with Gasteiger partial charge in [0.2, 0.25) is 0 Å². The molecule has 1 aromatic rings. The molecule has 0 saturated carbocycles. The summed E-state index contributed by atoms with van der Waals surface area (Å²) in [5.41, 5.74) is 0.780. The van der Waals surface area contributed by atoms with E-state index in [0.717, 1.165) is 50.5 Å². The van der Waals surface area contributed by atoms with Crippen molar-refractivity contribution in [2.24, 2.45) is 9.98 Å². The Morgan fingerprint density at radius 3 is 1.93 bits per heavy atom. The van der Waals surface area contributed by atoms with Gasteiger partial charge in [0.15, 0.2) is 0 Å². The van der Waals surface area contributed by atoms with Crippen LogP contribution >= 0.6 is 0 Å². The van der Waals surface area contributed by atoms with Gasteiger partial charge >= 0.3 is 0 Å². The van der Waals surface area contributed by atoms with Crippen molar-refractivity contribution in [1.29, 1.82) is 0 Å². The van der Waals surface area contributed by atoms with Crippen molar-refractivity contribution in [3.05, 3.63) is 60.0 Å². The van der Waals surface area contributed by atoms with Crippen molar-refractivity contribution in [3.8, 4) is 0 Å². The molecule has 3 nitrogen and oxygen atoms in total. The predicted octanol–water partition coefficient (Wildman–Crippen LogP) is 4.85. The molecule has 2 aliphatic heterocycles. The first-order chi connectivity index (χ1) is 13.2. The average molecular weight is 368 g/mol. The second kappa shape index (κ2) is 9.23. The van der Waals surface area contributed by atoms with Crippen molar-refractivity contribution in [2.75, 3.05) is 6.61 Å². The first-order valence-electron chi connectivity index (χ1n) is 9.97. The van der Waals surface area contributed by atoms with Gasteiger partial charge in [-0.1, -0.05) is 50.0 Å². The minimum Gasteiger partial charge on any atom is -0.396 e. The molecule has 2 heterocycles. The SMILES string of the molecule is OCCC1(CCCCCCC2(Cc3ccc(F)cc3)C=CC=N2)C=CC=N1. The van der Waals surface area contributed by atoms with Crippen molar-refractivity contribution >= 4 is 12.4 Å². The first-order valence-corrected chi connectivity index (χ1v) is 9.97. The third kappa shape index (κ3) is 5.46. The fraction of sp³-hybridized carbons (Fsp3) is 0.478. The van der Waals surface area contributed by atoms with E-state index < -0.39 is 0 Å². The highest BCUT2D eigenvalue weighted by Crippen LogP contribution is 2.31. The molecule has 1 N–H and O–H groups in total. The molecule has 2 aliphatic rings. The minimum atomic E-state index is -0.196. The first kappa shape index (κ1) is 19.7. The lowest BCUT2D eigenvalue weighted by Gasteiger charge is -2.25. The molecule has 2 unspecified atom stereocenters. The molecule has 0 spiro atoms. The summed E-state index contributed by atoms with van der Waals surface area (Å²) in [6.45, 7) is 0.178. The van der Waals surface area contributed by atoms with Gasteiger partial charge in [0.25, 0.3) is 0 Å². The van der Waals surface area contributed by atoms with Crippen LogP contribution in [0.3, 0.4) is 0 Å². The number of rotatable bonds is 11. The molecular formula is C23H29FN2O. The molecule has 0 saturated heterocycles. The Bertz CT molecular complexity index is 694. The van der Waals surface area contributed by atoms with Gasteiger partial charge in [-0.3, -0.25) is 9.98 Å². The highest BCUT2D eigenvalue weighted by Gasteiger charge is 2.28. The van der Waals surface area contributed by atoms with Gasteiger partial charge in [0.05, 0.1) is 11.1 Å².